The van der Waals surface area contributed by atoms with Crippen LogP contribution in [0.3, 0.4) is 0 Å². The molecule has 1 aliphatic rings. The lowest BCUT2D eigenvalue weighted by molar-refractivity contribution is 0.117. The largest absolute Gasteiger partial charge is 0.380 e. The van der Waals surface area contributed by atoms with E-state index in [0.29, 0.717) is 11.6 Å². The summed E-state index contributed by atoms with van der Waals surface area (Å²) < 4.78 is 30.0. The number of halogens is 1. The summed E-state index contributed by atoms with van der Waals surface area (Å²) in [4.78, 5) is 0. The molecule has 0 aromatic heterocycles. The zero-order valence-electron chi connectivity index (χ0n) is 12.0. The van der Waals surface area contributed by atoms with E-state index in [1.807, 2.05) is 13.0 Å². The van der Waals surface area contributed by atoms with Crippen LogP contribution in [0.15, 0.2) is 24.3 Å². The lowest BCUT2D eigenvalue weighted by atomic mass is 10.0. The predicted octanol–water partition coefficient (Wildman–Crippen LogP) is 2.79. The number of hydrogen-bond acceptors (Lipinski definition) is 4. The van der Waals surface area contributed by atoms with E-state index in [0.717, 1.165) is 5.56 Å². The second kappa shape index (κ2) is 5.96. The van der Waals surface area contributed by atoms with Crippen molar-refractivity contribution in [1.29, 1.82) is 5.26 Å². The molecule has 1 aliphatic carbocycles. The third kappa shape index (κ3) is 2.80. The molecule has 2 rings (SSSR count). The SMILES string of the molecule is CCOC[C@@]1(C#N)[C@H](c2cccc(Cl)c2)[C@@H]1S(=O)(=O)CC. The van der Waals surface area contributed by atoms with Gasteiger partial charge in [0.25, 0.3) is 0 Å². The lowest BCUT2D eigenvalue weighted by Crippen LogP contribution is -2.20. The molecule has 6 heteroatoms. The molecule has 1 fully saturated rings. The predicted molar refractivity (Wildman–Crippen MR) is 82.0 cm³/mol. The highest BCUT2D eigenvalue weighted by molar-refractivity contribution is 7.92. The van der Waals surface area contributed by atoms with Crippen molar-refractivity contribution in [3.63, 3.8) is 0 Å². The molecule has 0 spiro atoms. The highest BCUT2D eigenvalue weighted by Crippen LogP contribution is 2.63. The first-order valence-corrected chi connectivity index (χ1v) is 8.98. The maximum atomic E-state index is 12.3. The van der Waals surface area contributed by atoms with Crippen LogP contribution in [0.25, 0.3) is 0 Å². The number of nitriles is 1. The number of nitrogens with zero attached hydrogens (tertiary/aromatic N) is 1. The summed E-state index contributed by atoms with van der Waals surface area (Å²) >= 11 is 5.99. The molecule has 4 nitrogen and oxygen atoms in total. The summed E-state index contributed by atoms with van der Waals surface area (Å²) in [5, 5.41) is 9.41. The van der Waals surface area contributed by atoms with Crippen LogP contribution >= 0.6 is 11.6 Å². The van der Waals surface area contributed by atoms with Crippen molar-refractivity contribution in [2.45, 2.75) is 25.0 Å². The Balaban J connectivity index is 2.44. The van der Waals surface area contributed by atoms with Crippen molar-refractivity contribution in [2.24, 2.45) is 5.41 Å². The minimum Gasteiger partial charge on any atom is -0.380 e. The third-order valence-corrected chi connectivity index (χ3v) is 6.51. The van der Waals surface area contributed by atoms with Crippen LogP contribution in [0.5, 0.6) is 0 Å². The summed E-state index contributed by atoms with van der Waals surface area (Å²) in [6.07, 6.45) is 0. The maximum Gasteiger partial charge on any atom is 0.155 e. The fraction of sp³-hybridized carbons (Fsp3) is 0.533. The molecule has 1 saturated carbocycles. The van der Waals surface area contributed by atoms with Crippen molar-refractivity contribution in [2.75, 3.05) is 19.0 Å². The molecular weight excluding hydrogens is 310 g/mol. The van der Waals surface area contributed by atoms with Gasteiger partial charge in [0.15, 0.2) is 9.84 Å². The zero-order valence-corrected chi connectivity index (χ0v) is 13.6. The first-order valence-electron chi connectivity index (χ1n) is 6.89. The molecule has 114 valence electrons. The van der Waals surface area contributed by atoms with E-state index in [-0.39, 0.29) is 18.3 Å². The van der Waals surface area contributed by atoms with Gasteiger partial charge in [-0.2, -0.15) is 5.26 Å². The van der Waals surface area contributed by atoms with E-state index < -0.39 is 20.5 Å². The molecule has 3 atom stereocenters. The molecule has 0 unspecified atom stereocenters. The average Bonchev–Trinajstić information content (AvgIpc) is 3.15. The maximum absolute atomic E-state index is 12.3. The zero-order chi connectivity index (χ0) is 15.7. The third-order valence-electron chi connectivity index (χ3n) is 4.01. The number of benzene rings is 1. The smallest absolute Gasteiger partial charge is 0.155 e. The highest BCUT2D eigenvalue weighted by Gasteiger charge is 2.71. The van der Waals surface area contributed by atoms with E-state index in [2.05, 4.69) is 6.07 Å². The summed E-state index contributed by atoms with van der Waals surface area (Å²) in [5.74, 6) is -0.359. The molecule has 0 amide bonds. The van der Waals surface area contributed by atoms with Crippen LogP contribution in [0.1, 0.15) is 25.3 Å². The van der Waals surface area contributed by atoms with Crippen molar-refractivity contribution in [3.05, 3.63) is 34.9 Å². The molecule has 1 aromatic rings. The molecule has 1 aromatic carbocycles. The summed E-state index contributed by atoms with van der Waals surface area (Å²) in [5.41, 5.74) is -0.221. The van der Waals surface area contributed by atoms with E-state index in [1.165, 1.54) is 0 Å². The molecule has 0 heterocycles. The van der Waals surface area contributed by atoms with Gasteiger partial charge in [-0.1, -0.05) is 30.7 Å². The van der Waals surface area contributed by atoms with Gasteiger partial charge in [-0.05, 0) is 24.6 Å². The Morgan fingerprint density at radius 1 is 1.43 bits per heavy atom. The molecule has 0 radical (unpaired) electrons. The van der Waals surface area contributed by atoms with E-state index >= 15 is 0 Å². The van der Waals surface area contributed by atoms with Gasteiger partial charge in [0.05, 0.1) is 17.9 Å². The monoisotopic (exact) mass is 327 g/mol. The van der Waals surface area contributed by atoms with Crippen molar-refractivity contribution in [1.82, 2.24) is 0 Å². The second-order valence-electron chi connectivity index (χ2n) is 5.19. The van der Waals surface area contributed by atoms with E-state index in [4.69, 9.17) is 16.3 Å². The van der Waals surface area contributed by atoms with Gasteiger partial charge in [0.1, 0.15) is 5.41 Å². The Morgan fingerprint density at radius 3 is 2.67 bits per heavy atom. The second-order valence-corrected chi connectivity index (χ2v) is 8.04. The van der Waals surface area contributed by atoms with Crippen molar-refractivity contribution >= 4 is 21.4 Å². The number of rotatable bonds is 6. The van der Waals surface area contributed by atoms with Crippen molar-refractivity contribution < 1.29 is 13.2 Å². The highest BCUT2D eigenvalue weighted by atomic mass is 35.5. The molecule has 0 N–H and O–H groups in total. The normalized spacial score (nSPS) is 28.1. The Labute approximate surface area is 130 Å². The van der Waals surface area contributed by atoms with Gasteiger partial charge >= 0.3 is 0 Å². The quantitative estimate of drug-likeness (QED) is 0.805. The molecule has 0 aliphatic heterocycles. The topological polar surface area (TPSA) is 67.2 Å². The Morgan fingerprint density at radius 2 is 2.14 bits per heavy atom. The van der Waals surface area contributed by atoms with Crippen LogP contribution in [0, 0.1) is 16.7 Å². The molecule has 0 saturated heterocycles. The fourth-order valence-electron chi connectivity index (χ4n) is 2.89. The number of ether oxygens (including phenoxy) is 1. The van der Waals surface area contributed by atoms with Gasteiger partial charge in [-0.15, -0.1) is 0 Å². The summed E-state index contributed by atoms with van der Waals surface area (Å²) in [6.45, 7) is 4.00. The Bertz CT molecular complexity index is 668. The lowest BCUT2D eigenvalue weighted by Gasteiger charge is -2.09. The molecule has 21 heavy (non-hydrogen) atoms. The van der Waals surface area contributed by atoms with Crippen LogP contribution in [-0.4, -0.2) is 32.6 Å². The Kier molecular flexibility index (Phi) is 4.62. The number of sulfone groups is 1. The van der Waals surface area contributed by atoms with Gasteiger partial charge < -0.3 is 4.74 Å². The van der Waals surface area contributed by atoms with Gasteiger partial charge in [-0.3, -0.25) is 0 Å². The Hall–Kier alpha value is -1.09. The standard InChI is InChI=1S/C15H18ClNO3S/c1-3-20-10-15(9-17)13(14(15)21(18,19)4-2)11-6-5-7-12(16)8-11/h5-8,13-14H,3-4,10H2,1-2H3/t13-,14+,15+/m1/s1. The minimum absolute atomic E-state index is 0.0181. The van der Waals surface area contributed by atoms with Crippen LogP contribution in [0.2, 0.25) is 5.02 Å². The first-order chi connectivity index (χ1) is 9.93. The summed E-state index contributed by atoms with van der Waals surface area (Å²) in [7, 11) is -3.33. The van der Waals surface area contributed by atoms with Gasteiger partial charge in [-0.25, -0.2) is 8.42 Å². The first kappa shape index (κ1) is 16.3. The minimum atomic E-state index is -3.33. The van der Waals surface area contributed by atoms with Crippen LogP contribution in [-0.2, 0) is 14.6 Å². The summed E-state index contributed by atoms with van der Waals surface area (Å²) in [6, 6.07) is 9.25. The van der Waals surface area contributed by atoms with Crippen LogP contribution in [0.4, 0.5) is 0 Å². The number of hydrogen-bond donors (Lipinski definition) is 0. The van der Waals surface area contributed by atoms with Crippen LogP contribution < -0.4 is 0 Å². The fourth-order valence-corrected chi connectivity index (χ4v) is 5.09. The van der Waals surface area contributed by atoms with Crippen molar-refractivity contribution in [3.8, 4) is 6.07 Å². The van der Waals surface area contributed by atoms with E-state index in [9.17, 15) is 13.7 Å². The van der Waals surface area contributed by atoms with Gasteiger partial charge in [0, 0.05) is 23.3 Å². The molecular formula is C15H18ClNO3S. The van der Waals surface area contributed by atoms with E-state index in [1.54, 1.807) is 25.1 Å². The van der Waals surface area contributed by atoms with Gasteiger partial charge in [0.2, 0.25) is 0 Å². The average molecular weight is 328 g/mol. The molecule has 0 bridgehead atoms.